The summed E-state index contributed by atoms with van der Waals surface area (Å²) in [5.74, 6) is -0.230. The SMILES string of the molecule is CCCCCc1ccc(C=CC=O)c(O)c1O. The van der Waals surface area contributed by atoms with E-state index in [2.05, 4.69) is 6.92 Å². The lowest BCUT2D eigenvalue weighted by Crippen LogP contribution is -1.88. The van der Waals surface area contributed by atoms with E-state index < -0.39 is 0 Å². The number of allylic oxidation sites excluding steroid dienone is 1. The van der Waals surface area contributed by atoms with Crippen LogP contribution >= 0.6 is 0 Å². The van der Waals surface area contributed by atoms with Gasteiger partial charge in [-0.2, -0.15) is 0 Å². The quantitative estimate of drug-likeness (QED) is 0.344. The van der Waals surface area contributed by atoms with Gasteiger partial charge in [0.15, 0.2) is 11.5 Å². The number of hydrogen-bond acceptors (Lipinski definition) is 3. The lowest BCUT2D eigenvalue weighted by atomic mass is 10.0. The molecule has 0 aliphatic carbocycles. The van der Waals surface area contributed by atoms with Crippen LogP contribution in [0.1, 0.15) is 37.3 Å². The Bertz CT molecular complexity index is 408. The number of benzene rings is 1. The number of carbonyl (C=O) groups excluding carboxylic acids is 1. The molecule has 0 amide bonds. The lowest BCUT2D eigenvalue weighted by molar-refractivity contribution is -0.104. The first kappa shape index (κ1) is 13.3. The minimum atomic E-state index is -0.155. The summed E-state index contributed by atoms with van der Waals surface area (Å²) in [6.45, 7) is 2.12. The highest BCUT2D eigenvalue weighted by molar-refractivity contribution is 5.76. The van der Waals surface area contributed by atoms with Crippen LogP contribution in [0.25, 0.3) is 6.08 Å². The van der Waals surface area contributed by atoms with Crippen molar-refractivity contribution in [2.24, 2.45) is 0 Å². The zero-order chi connectivity index (χ0) is 12.7. The third-order valence-electron chi connectivity index (χ3n) is 2.67. The minimum Gasteiger partial charge on any atom is -0.504 e. The molecule has 0 saturated carbocycles. The van der Waals surface area contributed by atoms with Crippen LogP contribution in [0, 0.1) is 0 Å². The third kappa shape index (κ3) is 3.63. The van der Waals surface area contributed by atoms with Gasteiger partial charge in [0.1, 0.15) is 6.29 Å². The Morgan fingerprint density at radius 3 is 2.59 bits per heavy atom. The molecule has 92 valence electrons. The van der Waals surface area contributed by atoms with Gasteiger partial charge in [-0.25, -0.2) is 0 Å². The summed E-state index contributed by atoms with van der Waals surface area (Å²) in [4.78, 5) is 10.2. The molecular weight excluding hydrogens is 216 g/mol. The number of aromatic hydroxyl groups is 2. The average Bonchev–Trinajstić information content (AvgIpc) is 2.34. The van der Waals surface area contributed by atoms with Gasteiger partial charge in [-0.1, -0.05) is 31.9 Å². The Hall–Kier alpha value is -1.77. The maximum Gasteiger partial charge on any atom is 0.165 e. The monoisotopic (exact) mass is 234 g/mol. The number of unbranched alkanes of at least 4 members (excludes halogenated alkanes) is 2. The number of rotatable bonds is 6. The van der Waals surface area contributed by atoms with E-state index in [0.717, 1.165) is 31.2 Å². The molecule has 0 saturated heterocycles. The summed E-state index contributed by atoms with van der Waals surface area (Å²) in [6, 6.07) is 3.49. The molecule has 1 aromatic rings. The fraction of sp³-hybridized carbons (Fsp3) is 0.357. The molecule has 1 rings (SSSR count). The Kier molecular flexibility index (Phi) is 5.27. The first-order chi connectivity index (χ1) is 8.20. The Morgan fingerprint density at radius 1 is 1.18 bits per heavy atom. The molecule has 0 heterocycles. The van der Waals surface area contributed by atoms with Gasteiger partial charge in [0.25, 0.3) is 0 Å². The zero-order valence-electron chi connectivity index (χ0n) is 10.0. The molecule has 0 aromatic heterocycles. The molecule has 0 unspecified atom stereocenters. The average molecular weight is 234 g/mol. The van der Waals surface area contributed by atoms with E-state index in [4.69, 9.17) is 0 Å². The van der Waals surface area contributed by atoms with E-state index >= 15 is 0 Å². The summed E-state index contributed by atoms with van der Waals surface area (Å²) in [6.07, 6.45) is 7.35. The largest absolute Gasteiger partial charge is 0.504 e. The van der Waals surface area contributed by atoms with Crippen molar-refractivity contribution in [3.63, 3.8) is 0 Å². The van der Waals surface area contributed by atoms with Crippen molar-refractivity contribution in [3.8, 4) is 11.5 Å². The number of aldehydes is 1. The van der Waals surface area contributed by atoms with Gasteiger partial charge in [0.2, 0.25) is 0 Å². The van der Waals surface area contributed by atoms with E-state index in [0.29, 0.717) is 11.8 Å². The van der Waals surface area contributed by atoms with Gasteiger partial charge in [-0.15, -0.1) is 0 Å². The summed E-state index contributed by atoms with van der Waals surface area (Å²) in [7, 11) is 0. The topological polar surface area (TPSA) is 57.5 Å². The first-order valence-corrected chi connectivity index (χ1v) is 5.86. The zero-order valence-corrected chi connectivity index (χ0v) is 10.0. The maximum absolute atomic E-state index is 10.2. The molecular formula is C14H18O3. The van der Waals surface area contributed by atoms with Crippen molar-refractivity contribution in [2.45, 2.75) is 32.6 Å². The Balaban J connectivity index is 2.86. The third-order valence-corrected chi connectivity index (χ3v) is 2.67. The molecule has 0 bridgehead atoms. The Morgan fingerprint density at radius 2 is 1.94 bits per heavy atom. The van der Waals surface area contributed by atoms with Crippen LogP contribution in [0.4, 0.5) is 0 Å². The van der Waals surface area contributed by atoms with E-state index in [1.165, 1.54) is 12.2 Å². The second kappa shape index (κ2) is 6.74. The molecule has 0 aliphatic heterocycles. The molecule has 0 atom stereocenters. The first-order valence-electron chi connectivity index (χ1n) is 5.86. The number of phenols is 2. The molecule has 0 radical (unpaired) electrons. The van der Waals surface area contributed by atoms with E-state index in [1.807, 2.05) is 0 Å². The van der Waals surface area contributed by atoms with E-state index in [9.17, 15) is 15.0 Å². The highest BCUT2D eigenvalue weighted by Crippen LogP contribution is 2.34. The molecule has 2 N–H and O–H groups in total. The van der Waals surface area contributed by atoms with Gasteiger partial charge in [0.05, 0.1) is 0 Å². The molecule has 17 heavy (non-hydrogen) atoms. The fourth-order valence-electron chi connectivity index (χ4n) is 1.68. The van der Waals surface area contributed by atoms with Crippen LogP contribution in [0.2, 0.25) is 0 Å². The van der Waals surface area contributed by atoms with Gasteiger partial charge in [-0.3, -0.25) is 4.79 Å². The maximum atomic E-state index is 10.2. The van der Waals surface area contributed by atoms with Crippen molar-refractivity contribution in [1.29, 1.82) is 0 Å². The normalized spacial score (nSPS) is 10.9. The van der Waals surface area contributed by atoms with Crippen molar-refractivity contribution in [1.82, 2.24) is 0 Å². The molecule has 0 spiro atoms. The Labute approximate surface area is 101 Å². The second-order valence-electron chi connectivity index (χ2n) is 3.96. The van der Waals surface area contributed by atoms with Gasteiger partial charge >= 0.3 is 0 Å². The summed E-state index contributed by atoms with van der Waals surface area (Å²) in [5, 5.41) is 19.5. The number of aryl methyl sites for hydroxylation is 1. The van der Waals surface area contributed by atoms with Crippen LogP contribution in [0.5, 0.6) is 11.5 Å². The van der Waals surface area contributed by atoms with Gasteiger partial charge < -0.3 is 10.2 Å². The van der Waals surface area contributed by atoms with Crippen molar-refractivity contribution < 1.29 is 15.0 Å². The molecule has 3 heteroatoms. The van der Waals surface area contributed by atoms with Crippen LogP contribution < -0.4 is 0 Å². The standard InChI is InChI=1S/C14H18O3/c1-2-3-4-6-11-8-9-12(7-5-10-15)14(17)13(11)16/h5,7-10,16-17H,2-4,6H2,1H3. The highest BCUT2D eigenvalue weighted by Gasteiger charge is 2.09. The molecule has 1 aromatic carbocycles. The predicted molar refractivity (Wildman–Crippen MR) is 68.1 cm³/mol. The van der Waals surface area contributed by atoms with Crippen molar-refractivity contribution in [2.75, 3.05) is 0 Å². The van der Waals surface area contributed by atoms with E-state index in [1.54, 1.807) is 12.1 Å². The van der Waals surface area contributed by atoms with E-state index in [-0.39, 0.29) is 11.5 Å². The van der Waals surface area contributed by atoms with Crippen LogP contribution in [0.3, 0.4) is 0 Å². The summed E-state index contributed by atoms with van der Waals surface area (Å²) >= 11 is 0. The van der Waals surface area contributed by atoms with Crippen LogP contribution in [0.15, 0.2) is 18.2 Å². The molecule has 0 fully saturated rings. The summed E-state index contributed by atoms with van der Waals surface area (Å²) in [5.41, 5.74) is 1.20. The highest BCUT2D eigenvalue weighted by atomic mass is 16.3. The molecule has 3 nitrogen and oxygen atoms in total. The van der Waals surface area contributed by atoms with Crippen molar-refractivity contribution in [3.05, 3.63) is 29.3 Å². The molecule has 0 aliphatic rings. The number of hydrogen-bond donors (Lipinski definition) is 2. The smallest absolute Gasteiger partial charge is 0.165 e. The number of phenolic OH excluding ortho intramolecular Hbond substituents is 2. The lowest BCUT2D eigenvalue weighted by Gasteiger charge is -2.08. The van der Waals surface area contributed by atoms with Gasteiger partial charge in [-0.05, 0) is 30.6 Å². The minimum absolute atomic E-state index is 0.0749. The second-order valence-corrected chi connectivity index (χ2v) is 3.96. The van der Waals surface area contributed by atoms with Crippen LogP contribution in [-0.4, -0.2) is 16.5 Å². The predicted octanol–water partition coefficient (Wildman–Crippen LogP) is 3.04. The van der Waals surface area contributed by atoms with Gasteiger partial charge in [0, 0.05) is 5.56 Å². The summed E-state index contributed by atoms with van der Waals surface area (Å²) < 4.78 is 0. The fourth-order valence-corrected chi connectivity index (χ4v) is 1.68. The van der Waals surface area contributed by atoms with Crippen molar-refractivity contribution >= 4 is 12.4 Å². The number of carbonyl (C=O) groups is 1. The van der Waals surface area contributed by atoms with Crippen LogP contribution in [-0.2, 0) is 11.2 Å².